The molecule has 0 aliphatic carbocycles. The number of hydrogen-bond donors (Lipinski definition) is 0. The average Bonchev–Trinajstić information content (AvgIpc) is 2.04. The molecule has 0 aliphatic rings. The molecule has 0 radical (unpaired) electrons. The molecule has 0 amide bonds. The molecule has 0 fully saturated rings. The second-order valence-corrected chi connectivity index (χ2v) is 2.76. The molecule has 0 saturated carbocycles. The van der Waals surface area contributed by atoms with Crippen LogP contribution in [0, 0.1) is 5.92 Å². The lowest BCUT2D eigenvalue weighted by Crippen LogP contribution is -1.91. The van der Waals surface area contributed by atoms with Gasteiger partial charge >= 0.3 is 0 Å². The van der Waals surface area contributed by atoms with Gasteiger partial charge in [0.25, 0.3) is 0 Å². The summed E-state index contributed by atoms with van der Waals surface area (Å²) >= 11 is 0. The van der Waals surface area contributed by atoms with Crippen LogP contribution in [0.3, 0.4) is 0 Å². The van der Waals surface area contributed by atoms with Gasteiger partial charge in [0.1, 0.15) is 0 Å². The summed E-state index contributed by atoms with van der Waals surface area (Å²) in [5.74, 6) is 0.573. The van der Waals surface area contributed by atoms with Gasteiger partial charge in [-0.05, 0) is 24.8 Å². The number of aliphatic imine (C=N–C) groups is 1. The first kappa shape index (κ1) is 10.2. The first-order valence-corrected chi connectivity index (χ1v) is 4.03. The van der Waals surface area contributed by atoms with Gasteiger partial charge in [0.15, 0.2) is 0 Å². The molecule has 0 bridgehead atoms. The van der Waals surface area contributed by atoms with Crippen LogP contribution in [0.4, 0.5) is 0 Å². The van der Waals surface area contributed by atoms with E-state index in [1.165, 1.54) is 0 Å². The Morgan fingerprint density at radius 3 is 2.73 bits per heavy atom. The van der Waals surface area contributed by atoms with E-state index in [9.17, 15) is 0 Å². The van der Waals surface area contributed by atoms with Crippen molar-refractivity contribution >= 4 is 6.21 Å². The zero-order valence-electron chi connectivity index (χ0n) is 7.67. The fourth-order valence-electron chi connectivity index (χ4n) is 0.466. The molecular weight excluding hydrogens is 134 g/mol. The van der Waals surface area contributed by atoms with Crippen molar-refractivity contribution in [1.29, 1.82) is 0 Å². The Morgan fingerprint density at radius 2 is 2.27 bits per heavy atom. The summed E-state index contributed by atoms with van der Waals surface area (Å²) < 4.78 is 0. The number of rotatable bonds is 4. The van der Waals surface area contributed by atoms with Crippen molar-refractivity contribution in [3.8, 4) is 0 Å². The first-order valence-electron chi connectivity index (χ1n) is 4.03. The fraction of sp³-hybridized carbons (Fsp3) is 0.500. The van der Waals surface area contributed by atoms with E-state index in [4.69, 9.17) is 0 Å². The molecule has 62 valence electrons. The quantitative estimate of drug-likeness (QED) is 0.432. The number of allylic oxidation sites excluding steroid dienone is 2. The highest BCUT2D eigenvalue weighted by molar-refractivity contribution is 5.60. The minimum absolute atomic E-state index is 0.573. The van der Waals surface area contributed by atoms with E-state index in [0.717, 1.165) is 12.0 Å². The molecule has 1 unspecified atom stereocenters. The van der Waals surface area contributed by atoms with Crippen molar-refractivity contribution in [2.24, 2.45) is 10.9 Å². The molecule has 0 aromatic rings. The van der Waals surface area contributed by atoms with Gasteiger partial charge in [-0.3, -0.25) is 4.99 Å². The number of nitrogens with zero attached hydrogens (tertiary/aromatic N) is 1. The molecule has 0 heterocycles. The molecule has 1 atom stereocenters. The Morgan fingerprint density at radius 1 is 1.64 bits per heavy atom. The third kappa shape index (κ3) is 5.59. The van der Waals surface area contributed by atoms with Crippen LogP contribution in [0.1, 0.15) is 27.2 Å². The maximum Gasteiger partial charge on any atom is 0.0293 e. The Labute approximate surface area is 69.5 Å². The van der Waals surface area contributed by atoms with Crippen molar-refractivity contribution in [2.45, 2.75) is 27.2 Å². The monoisotopic (exact) mass is 151 g/mol. The lowest BCUT2D eigenvalue weighted by Gasteiger charge is -1.96. The summed E-state index contributed by atoms with van der Waals surface area (Å²) in [6, 6.07) is 0. The second kappa shape index (κ2) is 5.90. The average molecular weight is 151 g/mol. The van der Waals surface area contributed by atoms with Gasteiger partial charge in [0, 0.05) is 12.4 Å². The van der Waals surface area contributed by atoms with Gasteiger partial charge in [-0.15, -0.1) is 0 Å². The van der Waals surface area contributed by atoms with Crippen molar-refractivity contribution in [3.63, 3.8) is 0 Å². The summed E-state index contributed by atoms with van der Waals surface area (Å²) in [7, 11) is 0. The zero-order chi connectivity index (χ0) is 8.69. The molecule has 0 aliphatic heterocycles. The van der Waals surface area contributed by atoms with Crippen molar-refractivity contribution in [2.75, 3.05) is 0 Å². The van der Waals surface area contributed by atoms with Crippen LogP contribution in [0.5, 0.6) is 0 Å². The van der Waals surface area contributed by atoms with Gasteiger partial charge in [0.05, 0.1) is 0 Å². The van der Waals surface area contributed by atoms with Gasteiger partial charge < -0.3 is 0 Å². The highest BCUT2D eigenvalue weighted by atomic mass is 14.7. The molecule has 0 N–H and O–H groups in total. The molecule has 1 heteroatoms. The predicted molar refractivity (Wildman–Crippen MR) is 51.9 cm³/mol. The molecule has 1 nitrogen and oxygen atoms in total. The molecule has 0 aromatic carbocycles. The molecular formula is C10H17N. The molecule has 0 saturated heterocycles. The van der Waals surface area contributed by atoms with Crippen molar-refractivity contribution in [3.05, 3.63) is 24.4 Å². The van der Waals surface area contributed by atoms with E-state index in [1.807, 2.05) is 19.3 Å². The summed E-state index contributed by atoms with van der Waals surface area (Å²) in [5.41, 5.74) is 1.10. The highest BCUT2D eigenvalue weighted by Crippen LogP contribution is 1.97. The van der Waals surface area contributed by atoms with Gasteiger partial charge in [-0.25, -0.2) is 0 Å². The van der Waals surface area contributed by atoms with E-state index >= 15 is 0 Å². The third-order valence-corrected chi connectivity index (χ3v) is 1.58. The van der Waals surface area contributed by atoms with Gasteiger partial charge in [-0.1, -0.05) is 26.5 Å². The summed E-state index contributed by atoms with van der Waals surface area (Å²) in [5, 5.41) is 0. The summed E-state index contributed by atoms with van der Waals surface area (Å²) in [6.07, 6.45) is 6.74. The predicted octanol–water partition coefficient (Wildman–Crippen LogP) is 3.19. The standard InChI is InChI=1S/C10H17N/c1-5-9(3)7-11-8-10(4)6-2/h5,7-8,10H,1,6H2,2-4H3/b9-7-,11-8?. The van der Waals surface area contributed by atoms with Crippen LogP contribution in [-0.4, -0.2) is 6.21 Å². The van der Waals surface area contributed by atoms with Crippen LogP contribution >= 0.6 is 0 Å². The normalized spacial score (nSPS) is 15.4. The molecule has 0 spiro atoms. The maximum atomic E-state index is 4.15. The van der Waals surface area contributed by atoms with Crippen LogP contribution in [0.25, 0.3) is 0 Å². The Balaban J connectivity index is 3.84. The van der Waals surface area contributed by atoms with Crippen LogP contribution < -0.4 is 0 Å². The lowest BCUT2D eigenvalue weighted by atomic mass is 10.1. The first-order chi connectivity index (χ1) is 5.20. The second-order valence-electron chi connectivity index (χ2n) is 2.76. The largest absolute Gasteiger partial charge is 0.269 e. The van der Waals surface area contributed by atoms with E-state index in [2.05, 4.69) is 25.4 Å². The highest BCUT2D eigenvalue weighted by Gasteiger charge is 1.89. The van der Waals surface area contributed by atoms with Gasteiger partial charge in [0.2, 0.25) is 0 Å². The lowest BCUT2D eigenvalue weighted by molar-refractivity contribution is 0.754. The topological polar surface area (TPSA) is 12.4 Å². The van der Waals surface area contributed by atoms with E-state index in [0.29, 0.717) is 5.92 Å². The molecule has 0 aromatic heterocycles. The van der Waals surface area contributed by atoms with Crippen molar-refractivity contribution < 1.29 is 0 Å². The minimum atomic E-state index is 0.573. The third-order valence-electron chi connectivity index (χ3n) is 1.58. The summed E-state index contributed by atoms with van der Waals surface area (Å²) in [6.45, 7) is 9.93. The van der Waals surface area contributed by atoms with Crippen LogP contribution in [0.15, 0.2) is 29.4 Å². The SMILES string of the molecule is C=C/C(C)=C\N=CC(C)CC. The van der Waals surface area contributed by atoms with Gasteiger partial charge in [-0.2, -0.15) is 0 Å². The Kier molecular flexibility index (Phi) is 5.44. The van der Waals surface area contributed by atoms with Crippen LogP contribution in [0.2, 0.25) is 0 Å². The Bertz CT molecular complexity index is 166. The Hall–Kier alpha value is -0.850. The smallest absolute Gasteiger partial charge is 0.0293 e. The zero-order valence-corrected chi connectivity index (χ0v) is 7.67. The maximum absolute atomic E-state index is 4.15. The molecule has 0 rings (SSSR count). The fourth-order valence-corrected chi connectivity index (χ4v) is 0.466. The van der Waals surface area contributed by atoms with E-state index < -0.39 is 0 Å². The molecule has 11 heavy (non-hydrogen) atoms. The van der Waals surface area contributed by atoms with E-state index in [1.54, 1.807) is 6.08 Å². The van der Waals surface area contributed by atoms with Crippen molar-refractivity contribution in [1.82, 2.24) is 0 Å². The summed E-state index contributed by atoms with van der Waals surface area (Å²) in [4.78, 5) is 4.15. The van der Waals surface area contributed by atoms with Crippen LogP contribution in [-0.2, 0) is 0 Å². The number of hydrogen-bond acceptors (Lipinski definition) is 1. The minimum Gasteiger partial charge on any atom is -0.269 e. The van der Waals surface area contributed by atoms with E-state index in [-0.39, 0.29) is 0 Å².